The Morgan fingerprint density at radius 2 is 2.17 bits per heavy atom. The van der Waals surface area contributed by atoms with Crippen LogP contribution in [0.1, 0.15) is 5.56 Å². The van der Waals surface area contributed by atoms with E-state index < -0.39 is 0 Å². The van der Waals surface area contributed by atoms with Gasteiger partial charge in [0, 0.05) is 16.7 Å². The second-order valence-corrected chi connectivity index (χ2v) is 5.77. The molecule has 0 amide bonds. The van der Waals surface area contributed by atoms with Gasteiger partial charge in [-0.15, -0.1) is 0 Å². The van der Waals surface area contributed by atoms with Crippen molar-refractivity contribution in [3.8, 4) is 0 Å². The summed E-state index contributed by atoms with van der Waals surface area (Å²) in [7, 11) is 0. The Balaban J connectivity index is 2.29. The van der Waals surface area contributed by atoms with E-state index in [2.05, 4.69) is 20.9 Å². The molecular weight excluding hydrogens is 334 g/mol. The first kappa shape index (κ1) is 13.4. The maximum Gasteiger partial charge on any atom is 0.124 e. The van der Waals surface area contributed by atoms with Crippen molar-refractivity contribution in [2.45, 2.75) is 9.92 Å². The van der Waals surface area contributed by atoms with Gasteiger partial charge < -0.3 is 5.73 Å². The molecule has 1 aromatic heterocycles. The first-order chi connectivity index (χ1) is 8.58. The Morgan fingerprint density at radius 1 is 1.39 bits per heavy atom. The van der Waals surface area contributed by atoms with E-state index in [1.807, 2.05) is 18.2 Å². The minimum absolute atomic E-state index is 0.0319. The van der Waals surface area contributed by atoms with E-state index >= 15 is 0 Å². The number of nitrogens with zero attached hydrogens (tertiary/aromatic N) is 1. The molecule has 0 saturated carbocycles. The quantitative estimate of drug-likeness (QED) is 0.656. The number of aromatic nitrogens is 1. The van der Waals surface area contributed by atoms with Gasteiger partial charge in [-0.25, -0.2) is 4.98 Å². The van der Waals surface area contributed by atoms with Crippen LogP contribution in [0.2, 0.25) is 5.02 Å². The fraction of sp³-hybridized carbons (Fsp3) is 0. The van der Waals surface area contributed by atoms with Crippen molar-refractivity contribution >= 4 is 45.1 Å². The second kappa shape index (κ2) is 5.73. The monoisotopic (exact) mass is 341 g/mol. The number of pyridine rings is 1. The van der Waals surface area contributed by atoms with Crippen LogP contribution in [0.15, 0.2) is 50.9 Å². The van der Waals surface area contributed by atoms with E-state index in [0.717, 1.165) is 14.4 Å². The molecule has 1 aromatic carbocycles. The van der Waals surface area contributed by atoms with Crippen molar-refractivity contribution in [3.05, 3.63) is 51.6 Å². The average molecular weight is 343 g/mol. The molecule has 0 radical (unpaired) electrons. The van der Waals surface area contributed by atoms with Gasteiger partial charge in [0.2, 0.25) is 0 Å². The molecule has 0 aliphatic heterocycles. The Hall–Kier alpha value is -1.04. The maximum atomic E-state index is 7.37. The summed E-state index contributed by atoms with van der Waals surface area (Å²) in [5, 5.41) is 8.71. The van der Waals surface area contributed by atoms with Gasteiger partial charge in [-0.1, -0.05) is 23.4 Å². The first-order valence-electron chi connectivity index (χ1n) is 5.00. The largest absolute Gasteiger partial charge is 0.384 e. The third-order valence-electron chi connectivity index (χ3n) is 2.17. The van der Waals surface area contributed by atoms with Crippen LogP contribution in [0.3, 0.4) is 0 Å². The van der Waals surface area contributed by atoms with Crippen LogP contribution in [0, 0.1) is 5.41 Å². The van der Waals surface area contributed by atoms with Gasteiger partial charge in [0.05, 0.1) is 9.50 Å². The van der Waals surface area contributed by atoms with Crippen LogP contribution in [-0.2, 0) is 0 Å². The molecule has 0 atom stereocenters. The van der Waals surface area contributed by atoms with Gasteiger partial charge in [-0.2, -0.15) is 0 Å². The number of nitrogens with two attached hydrogens (primary N) is 1. The van der Waals surface area contributed by atoms with Crippen LogP contribution in [0.25, 0.3) is 0 Å². The van der Waals surface area contributed by atoms with E-state index in [1.54, 1.807) is 18.3 Å². The summed E-state index contributed by atoms with van der Waals surface area (Å²) < 4.78 is 0.932. The van der Waals surface area contributed by atoms with Crippen LogP contribution >= 0.6 is 39.3 Å². The van der Waals surface area contributed by atoms with Crippen molar-refractivity contribution in [1.29, 1.82) is 5.41 Å². The molecule has 18 heavy (non-hydrogen) atoms. The molecule has 0 spiro atoms. The topological polar surface area (TPSA) is 62.8 Å². The van der Waals surface area contributed by atoms with E-state index in [4.69, 9.17) is 22.7 Å². The molecule has 0 aliphatic rings. The summed E-state index contributed by atoms with van der Waals surface area (Å²) >= 11 is 11.0. The Kier molecular flexibility index (Phi) is 4.27. The predicted molar refractivity (Wildman–Crippen MR) is 78.5 cm³/mol. The number of nitrogens with one attached hydrogen (secondary N) is 1. The molecule has 0 bridgehead atoms. The standard InChI is InChI=1S/C12H9BrClN3S/c13-9-2-1-5-17-12(9)18-7-3-4-8(11(15)16)10(14)6-7/h1-6H,(H3,15,16). The van der Waals surface area contributed by atoms with Gasteiger partial charge in [-0.05, 0) is 46.3 Å². The highest BCUT2D eigenvalue weighted by molar-refractivity contribution is 9.10. The summed E-state index contributed by atoms with van der Waals surface area (Å²) in [6.07, 6.45) is 1.73. The number of halogens is 2. The molecule has 0 saturated heterocycles. The fourth-order valence-electron chi connectivity index (χ4n) is 1.34. The molecule has 0 unspecified atom stereocenters. The lowest BCUT2D eigenvalue weighted by atomic mass is 10.2. The number of rotatable bonds is 3. The summed E-state index contributed by atoms with van der Waals surface area (Å²) in [5.74, 6) is -0.0319. The third-order valence-corrected chi connectivity index (χ3v) is 4.39. The van der Waals surface area contributed by atoms with E-state index in [0.29, 0.717) is 10.6 Å². The van der Waals surface area contributed by atoms with Gasteiger partial charge >= 0.3 is 0 Å². The molecular formula is C12H9BrClN3S. The molecule has 3 N–H and O–H groups in total. The smallest absolute Gasteiger partial charge is 0.124 e. The zero-order valence-corrected chi connectivity index (χ0v) is 12.3. The Labute approximate surface area is 122 Å². The van der Waals surface area contributed by atoms with Gasteiger partial charge in [-0.3, -0.25) is 5.41 Å². The van der Waals surface area contributed by atoms with Crippen molar-refractivity contribution in [1.82, 2.24) is 4.98 Å². The van der Waals surface area contributed by atoms with Crippen LogP contribution in [0.4, 0.5) is 0 Å². The predicted octanol–water partition coefficient (Wildman–Crippen LogP) is 3.93. The molecule has 0 aliphatic carbocycles. The van der Waals surface area contributed by atoms with Gasteiger partial charge in [0.25, 0.3) is 0 Å². The molecule has 1 heterocycles. The second-order valence-electron chi connectivity index (χ2n) is 3.45. The van der Waals surface area contributed by atoms with Crippen molar-refractivity contribution in [3.63, 3.8) is 0 Å². The van der Waals surface area contributed by atoms with Crippen molar-refractivity contribution in [2.24, 2.45) is 5.73 Å². The Bertz CT molecular complexity index is 604. The highest BCUT2D eigenvalue weighted by atomic mass is 79.9. The molecule has 6 heteroatoms. The molecule has 92 valence electrons. The SMILES string of the molecule is N=C(N)c1ccc(Sc2ncccc2Br)cc1Cl. The highest BCUT2D eigenvalue weighted by Gasteiger charge is 2.07. The molecule has 2 aromatic rings. The molecule has 2 rings (SSSR count). The maximum absolute atomic E-state index is 7.37. The summed E-state index contributed by atoms with van der Waals surface area (Å²) in [4.78, 5) is 5.22. The average Bonchev–Trinajstić information content (AvgIpc) is 2.32. The van der Waals surface area contributed by atoms with Crippen LogP contribution in [0.5, 0.6) is 0 Å². The lowest BCUT2D eigenvalue weighted by Gasteiger charge is -2.06. The lowest BCUT2D eigenvalue weighted by molar-refractivity contribution is 1.11. The number of hydrogen-bond acceptors (Lipinski definition) is 3. The normalized spacial score (nSPS) is 10.3. The number of benzene rings is 1. The summed E-state index contributed by atoms with van der Waals surface area (Å²) in [6.45, 7) is 0. The first-order valence-corrected chi connectivity index (χ1v) is 6.99. The van der Waals surface area contributed by atoms with E-state index in [1.165, 1.54) is 11.8 Å². The van der Waals surface area contributed by atoms with E-state index in [9.17, 15) is 0 Å². The molecule has 3 nitrogen and oxygen atoms in total. The Morgan fingerprint density at radius 3 is 2.78 bits per heavy atom. The number of hydrogen-bond donors (Lipinski definition) is 2. The van der Waals surface area contributed by atoms with Crippen LogP contribution in [-0.4, -0.2) is 10.8 Å². The zero-order chi connectivity index (χ0) is 13.1. The fourth-order valence-corrected chi connectivity index (χ4v) is 3.00. The summed E-state index contributed by atoms with van der Waals surface area (Å²) in [6, 6.07) is 9.18. The minimum Gasteiger partial charge on any atom is -0.384 e. The van der Waals surface area contributed by atoms with Crippen molar-refractivity contribution < 1.29 is 0 Å². The van der Waals surface area contributed by atoms with Gasteiger partial charge in [0.1, 0.15) is 10.9 Å². The minimum atomic E-state index is -0.0319. The third kappa shape index (κ3) is 3.04. The number of amidine groups is 1. The number of nitrogen functional groups attached to an aromatic ring is 1. The lowest BCUT2D eigenvalue weighted by Crippen LogP contribution is -2.11. The summed E-state index contributed by atoms with van der Waals surface area (Å²) in [5.41, 5.74) is 5.96. The highest BCUT2D eigenvalue weighted by Crippen LogP contribution is 2.33. The van der Waals surface area contributed by atoms with Crippen molar-refractivity contribution in [2.75, 3.05) is 0 Å². The van der Waals surface area contributed by atoms with E-state index in [-0.39, 0.29) is 5.84 Å². The molecule has 0 fully saturated rings. The van der Waals surface area contributed by atoms with Crippen LogP contribution < -0.4 is 5.73 Å². The zero-order valence-electron chi connectivity index (χ0n) is 9.15. The van der Waals surface area contributed by atoms with Gasteiger partial charge in [0.15, 0.2) is 0 Å².